The van der Waals surface area contributed by atoms with Gasteiger partial charge in [-0.2, -0.15) is 13.2 Å². The van der Waals surface area contributed by atoms with Crippen LogP contribution in [-0.4, -0.2) is 21.8 Å². The Hall–Kier alpha value is -0.560. The first-order valence-corrected chi connectivity index (χ1v) is 8.12. The minimum Gasteiger partial charge on any atom is -0.382 e. The largest absolute Gasteiger partial charge is 0.418 e. The summed E-state index contributed by atoms with van der Waals surface area (Å²) < 4.78 is 50.5. The third-order valence-corrected chi connectivity index (χ3v) is 4.91. The Morgan fingerprint density at radius 3 is 2.47 bits per heavy atom. The highest BCUT2D eigenvalue weighted by Crippen LogP contribution is 2.37. The lowest BCUT2D eigenvalue weighted by molar-refractivity contribution is -0.137. The molecule has 106 valence electrons. The van der Waals surface area contributed by atoms with Crippen LogP contribution < -0.4 is 5.32 Å². The molecule has 1 N–H and O–H groups in total. The number of benzene rings is 1. The topological polar surface area (TPSA) is 29.1 Å². The van der Waals surface area contributed by atoms with Crippen molar-refractivity contribution in [3.05, 3.63) is 28.2 Å². The molecule has 7 heteroatoms. The molecule has 19 heavy (non-hydrogen) atoms. The van der Waals surface area contributed by atoms with Crippen LogP contribution in [0.4, 0.5) is 18.9 Å². The minimum atomic E-state index is -4.37. The Labute approximate surface area is 120 Å². The Bertz CT molecular complexity index is 482. The number of hydrogen-bond acceptors (Lipinski definition) is 2. The highest BCUT2D eigenvalue weighted by atomic mass is 79.9. The normalized spacial score (nSPS) is 24.2. The van der Waals surface area contributed by atoms with E-state index in [1.807, 2.05) is 0 Å². The van der Waals surface area contributed by atoms with Gasteiger partial charge < -0.3 is 5.32 Å². The van der Waals surface area contributed by atoms with E-state index in [2.05, 4.69) is 21.2 Å². The third-order valence-electron chi connectivity index (χ3n) is 3.03. The molecule has 0 amide bonds. The van der Waals surface area contributed by atoms with Crippen molar-refractivity contribution in [1.82, 2.24) is 0 Å². The van der Waals surface area contributed by atoms with Crippen molar-refractivity contribution < 1.29 is 17.4 Å². The second kappa shape index (κ2) is 5.83. The zero-order chi connectivity index (χ0) is 14.0. The fraction of sp³-hybridized carbons (Fsp3) is 0.500. The molecular formula is C12H13BrF3NOS. The van der Waals surface area contributed by atoms with E-state index in [9.17, 15) is 17.4 Å². The van der Waals surface area contributed by atoms with Gasteiger partial charge in [-0.25, -0.2) is 0 Å². The first-order valence-electron chi connectivity index (χ1n) is 5.84. The van der Waals surface area contributed by atoms with Gasteiger partial charge in [-0.15, -0.1) is 0 Å². The molecule has 0 bridgehead atoms. The standard InChI is InChI=1S/C12H13BrF3NOS/c13-8-1-2-10(12(14,15)16)11(7-8)17-9-3-5-19(18)6-4-9/h1-2,7,9,17H,3-6H2. The molecule has 1 aromatic carbocycles. The fourth-order valence-corrected chi connectivity index (χ4v) is 3.70. The molecule has 0 saturated carbocycles. The van der Waals surface area contributed by atoms with Gasteiger partial charge in [0.2, 0.25) is 0 Å². The van der Waals surface area contributed by atoms with E-state index in [1.165, 1.54) is 12.1 Å². The summed E-state index contributed by atoms with van der Waals surface area (Å²) in [7, 11) is -0.817. The summed E-state index contributed by atoms with van der Waals surface area (Å²) in [6.45, 7) is 0. The third kappa shape index (κ3) is 3.95. The summed E-state index contributed by atoms with van der Waals surface area (Å²) in [5.41, 5.74) is -0.582. The van der Waals surface area contributed by atoms with Crippen LogP contribution in [0.2, 0.25) is 0 Å². The van der Waals surface area contributed by atoms with E-state index in [0.29, 0.717) is 28.8 Å². The van der Waals surface area contributed by atoms with Crippen LogP contribution in [0, 0.1) is 0 Å². The second-order valence-corrected chi connectivity index (χ2v) is 7.07. The molecule has 0 spiro atoms. The Morgan fingerprint density at radius 1 is 1.26 bits per heavy atom. The molecule has 1 heterocycles. The molecule has 0 aliphatic carbocycles. The van der Waals surface area contributed by atoms with Crippen molar-refractivity contribution >= 4 is 32.4 Å². The number of alkyl halides is 3. The maximum Gasteiger partial charge on any atom is 0.418 e. The van der Waals surface area contributed by atoms with E-state index < -0.39 is 22.5 Å². The Morgan fingerprint density at radius 2 is 1.89 bits per heavy atom. The molecule has 0 atom stereocenters. The minimum absolute atomic E-state index is 0.0481. The van der Waals surface area contributed by atoms with Crippen LogP contribution in [-0.2, 0) is 17.0 Å². The lowest BCUT2D eigenvalue weighted by Gasteiger charge is -2.25. The molecule has 0 unspecified atom stereocenters. The zero-order valence-electron chi connectivity index (χ0n) is 9.97. The van der Waals surface area contributed by atoms with Crippen molar-refractivity contribution in [2.45, 2.75) is 25.1 Å². The van der Waals surface area contributed by atoms with E-state index in [0.717, 1.165) is 6.07 Å². The molecule has 0 radical (unpaired) electrons. The van der Waals surface area contributed by atoms with Gasteiger partial charge >= 0.3 is 6.18 Å². The molecule has 1 aliphatic heterocycles. The highest BCUT2D eigenvalue weighted by Gasteiger charge is 2.34. The van der Waals surface area contributed by atoms with Gasteiger partial charge in [0, 0.05) is 38.5 Å². The van der Waals surface area contributed by atoms with Crippen molar-refractivity contribution in [3.8, 4) is 0 Å². The average molecular weight is 356 g/mol. The predicted molar refractivity (Wildman–Crippen MR) is 73.7 cm³/mol. The molecule has 1 saturated heterocycles. The molecule has 1 fully saturated rings. The van der Waals surface area contributed by atoms with Crippen LogP contribution >= 0.6 is 15.9 Å². The number of rotatable bonds is 2. The van der Waals surface area contributed by atoms with E-state index in [1.54, 1.807) is 0 Å². The Balaban J connectivity index is 2.19. The number of anilines is 1. The van der Waals surface area contributed by atoms with Gasteiger partial charge in [-0.05, 0) is 31.0 Å². The lowest BCUT2D eigenvalue weighted by atomic mass is 10.1. The highest BCUT2D eigenvalue weighted by molar-refractivity contribution is 9.10. The van der Waals surface area contributed by atoms with Gasteiger partial charge in [-0.3, -0.25) is 4.21 Å². The van der Waals surface area contributed by atoms with Crippen molar-refractivity contribution in [2.24, 2.45) is 0 Å². The number of hydrogen-bond donors (Lipinski definition) is 1. The van der Waals surface area contributed by atoms with Crippen LogP contribution in [0.15, 0.2) is 22.7 Å². The number of nitrogens with one attached hydrogen (secondary N) is 1. The first-order chi connectivity index (χ1) is 8.86. The van der Waals surface area contributed by atoms with Crippen LogP contribution in [0.1, 0.15) is 18.4 Å². The van der Waals surface area contributed by atoms with E-state index in [4.69, 9.17) is 0 Å². The SMILES string of the molecule is O=S1CCC(Nc2cc(Br)ccc2C(F)(F)F)CC1. The zero-order valence-corrected chi connectivity index (χ0v) is 12.4. The van der Waals surface area contributed by atoms with Gasteiger partial charge in [0.05, 0.1) is 5.56 Å². The molecule has 2 nitrogen and oxygen atoms in total. The molecular weight excluding hydrogens is 343 g/mol. The average Bonchev–Trinajstić information content (AvgIpc) is 2.30. The lowest BCUT2D eigenvalue weighted by Crippen LogP contribution is -2.30. The molecule has 1 aliphatic rings. The van der Waals surface area contributed by atoms with Gasteiger partial charge in [-0.1, -0.05) is 15.9 Å². The maximum absolute atomic E-state index is 12.9. The molecule has 0 aromatic heterocycles. The summed E-state index contributed by atoms with van der Waals surface area (Å²) in [6.07, 6.45) is -3.10. The summed E-state index contributed by atoms with van der Waals surface area (Å²) >= 11 is 3.18. The van der Waals surface area contributed by atoms with Gasteiger partial charge in [0.25, 0.3) is 0 Å². The smallest absolute Gasteiger partial charge is 0.382 e. The summed E-state index contributed by atoms with van der Waals surface area (Å²) in [5.74, 6) is 1.10. The van der Waals surface area contributed by atoms with Crippen molar-refractivity contribution in [3.63, 3.8) is 0 Å². The van der Waals surface area contributed by atoms with Crippen molar-refractivity contribution in [2.75, 3.05) is 16.8 Å². The van der Waals surface area contributed by atoms with Gasteiger partial charge in [0.1, 0.15) is 0 Å². The quantitative estimate of drug-likeness (QED) is 0.874. The van der Waals surface area contributed by atoms with Crippen LogP contribution in [0.3, 0.4) is 0 Å². The molecule has 1 aromatic rings. The fourth-order valence-electron chi connectivity index (χ4n) is 2.04. The second-order valence-electron chi connectivity index (χ2n) is 4.45. The van der Waals surface area contributed by atoms with E-state index >= 15 is 0 Å². The van der Waals surface area contributed by atoms with Crippen LogP contribution in [0.25, 0.3) is 0 Å². The monoisotopic (exact) mass is 355 g/mol. The summed E-state index contributed by atoms with van der Waals surface area (Å²) in [4.78, 5) is 0. The number of halogens is 4. The van der Waals surface area contributed by atoms with Gasteiger partial charge in [0.15, 0.2) is 0 Å². The van der Waals surface area contributed by atoms with Crippen LogP contribution in [0.5, 0.6) is 0 Å². The van der Waals surface area contributed by atoms with Crippen molar-refractivity contribution in [1.29, 1.82) is 0 Å². The summed E-state index contributed by atoms with van der Waals surface area (Å²) in [5, 5.41) is 2.93. The predicted octanol–water partition coefficient (Wildman–Crippen LogP) is 3.79. The Kier molecular flexibility index (Phi) is 4.55. The molecule has 2 rings (SSSR count). The maximum atomic E-state index is 12.9. The summed E-state index contributed by atoms with van der Waals surface area (Å²) in [6, 6.07) is 3.83. The van der Waals surface area contributed by atoms with E-state index in [-0.39, 0.29) is 11.7 Å². The first kappa shape index (κ1) is 14.8.